The third-order valence-electron chi connectivity index (χ3n) is 2.53. The zero-order valence-corrected chi connectivity index (χ0v) is 12.3. The lowest BCUT2D eigenvalue weighted by Gasteiger charge is -2.10. The van der Waals surface area contributed by atoms with Gasteiger partial charge in [-0.25, -0.2) is 4.98 Å². The number of nitrogens with one attached hydrogen (secondary N) is 1. The molecular weight excluding hydrogens is 278 g/mol. The molecule has 6 nitrogen and oxygen atoms in total. The van der Waals surface area contributed by atoms with E-state index in [4.69, 9.17) is 9.47 Å². The van der Waals surface area contributed by atoms with Gasteiger partial charge in [-0.1, -0.05) is 0 Å². The van der Waals surface area contributed by atoms with Gasteiger partial charge in [-0.15, -0.1) is 0 Å². The van der Waals surface area contributed by atoms with E-state index in [1.165, 1.54) is 18.5 Å². The number of ketones is 1. The van der Waals surface area contributed by atoms with Gasteiger partial charge in [0.15, 0.2) is 5.82 Å². The highest BCUT2D eigenvalue weighted by atomic mass is 32.1. The third-order valence-corrected chi connectivity index (χ3v) is 3.19. The Labute approximate surface area is 120 Å². The van der Waals surface area contributed by atoms with Crippen LogP contribution in [0.25, 0.3) is 0 Å². The molecular formula is C13H15N3O3S. The highest BCUT2D eigenvalue weighted by Crippen LogP contribution is 2.31. The van der Waals surface area contributed by atoms with Gasteiger partial charge in [-0.3, -0.25) is 4.79 Å². The first-order chi connectivity index (χ1) is 9.62. The SMILES string of the molecule is COc1ccc(Nc2nc(CC(C)=O)ns2)c(OC)c1. The van der Waals surface area contributed by atoms with Crippen LogP contribution in [0.4, 0.5) is 10.8 Å². The summed E-state index contributed by atoms with van der Waals surface area (Å²) < 4.78 is 14.6. The first-order valence-electron chi connectivity index (χ1n) is 5.93. The highest BCUT2D eigenvalue weighted by Gasteiger charge is 2.10. The molecule has 0 fully saturated rings. The van der Waals surface area contributed by atoms with Crippen LogP contribution in [0, 0.1) is 0 Å². The van der Waals surface area contributed by atoms with Crippen molar-refractivity contribution in [2.45, 2.75) is 13.3 Å². The number of ether oxygens (including phenoxy) is 2. The summed E-state index contributed by atoms with van der Waals surface area (Å²) in [5.41, 5.74) is 0.763. The molecule has 0 aliphatic rings. The van der Waals surface area contributed by atoms with Crippen molar-refractivity contribution < 1.29 is 14.3 Å². The van der Waals surface area contributed by atoms with E-state index in [1.807, 2.05) is 12.1 Å². The molecule has 20 heavy (non-hydrogen) atoms. The molecule has 0 saturated heterocycles. The summed E-state index contributed by atoms with van der Waals surface area (Å²) in [5.74, 6) is 1.92. The van der Waals surface area contributed by atoms with Crippen molar-refractivity contribution in [3.8, 4) is 11.5 Å². The Balaban J connectivity index is 2.17. The molecule has 1 heterocycles. The van der Waals surface area contributed by atoms with Crippen LogP contribution in [-0.2, 0) is 11.2 Å². The molecule has 0 radical (unpaired) electrons. The fraction of sp³-hybridized carbons (Fsp3) is 0.308. The number of hydrogen-bond donors (Lipinski definition) is 1. The molecule has 0 spiro atoms. The standard InChI is InChI=1S/C13H15N3O3S/c1-8(17)6-12-15-13(20-16-12)14-10-5-4-9(18-2)7-11(10)19-3/h4-5,7H,6H2,1-3H3,(H,14,15,16). The summed E-state index contributed by atoms with van der Waals surface area (Å²) in [6, 6.07) is 5.44. The molecule has 1 aromatic carbocycles. The molecule has 0 saturated carbocycles. The van der Waals surface area contributed by atoms with E-state index in [2.05, 4.69) is 14.7 Å². The second-order valence-electron chi connectivity index (χ2n) is 4.09. The van der Waals surface area contributed by atoms with Gasteiger partial charge >= 0.3 is 0 Å². The summed E-state index contributed by atoms with van der Waals surface area (Å²) in [5, 5.41) is 3.74. The van der Waals surface area contributed by atoms with Crippen LogP contribution in [0.3, 0.4) is 0 Å². The second-order valence-corrected chi connectivity index (χ2v) is 4.84. The van der Waals surface area contributed by atoms with E-state index in [-0.39, 0.29) is 12.2 Å². The Hall–Kier alpha value is -2.15. The molecule has 0 aliphatic carbocycles. The summed E-state index contributed by atoms with van der Waals surface area (Å²) in [4.78, 5) is 15.3. The molecule has 0 atom stereocenters. The van der Waals surface area contributed by atoms with Crippen LogP contribution in [0.15, 0.2) is 18.2 Å². The van der Waals surface area contributed by atoms with E-state index in [1.54, 1.807) is 20.3 Å². The molecule has 106 valence electrons. The van der Waals surface area contributed by atoms with E-state index < -0.39 is 0 Å². The van der Waals surface area contributed by atoms with Crippen molar-refractivity contribution >= 4 is 28.1 Å². The van der Waals surface area contributed by atoms with Crippen molar-refractivity contribution in [3.05, 3.63) is 24.0 Å². The van der Waals surface area contributed by atoms with Crippen molar-refractivity contribution in [1.29, 1.82) is 0 Å². The number of Topliss-reactive ketones (excluding diaryl/α,β-unsaturated/α-hetero) is 1. The first kappa shape index (κ1) is 14.3. The van der Waals surface area contributed by atoms with Gasteiger partial charge in [0.2, 0.25) is 5.13 Å². The number of nitrogens with zero attached hydrogens (tertiary/aromatic N) is 2. The number of carbonyl (C=O) groups excluding carboxylic acids is 1. The number of benzene rings is 1. The molecule has 1 aromatic heterocycles. The summed E-state index contributed by atoms with van der Waals surface area (Å²) in [7, 11) is 3.18. The lowest BCUT2D eigenvalue weighted by Crippen LogP contribution is -1.99. The van der Waals surface area contributed by atoms with Gasteiger partial charge < -0.3 is 14.8 Å². The number of carbonyl (C=O) groups is 1. The van der Waals surface area contributed by atoms with Crippen LogP contribution in [-0.4, -0.2) is 29.4 Å². The monoisotopic (exact) mass is 293 g/mol. The number of aromatic nitrogens is 2. The van der Waals surface area contributed by atoms with Crippen molar-refractivity contribution in [2.75, 3.05) is 19.5 Å². The Kier molecular flexibility index (Phi) is 4.52. The number of methoxy groups -OCH3 is 2. The predicted molar refractivity (Wildman–Crippen MR) is 77.1 cm³/mol. The molecule has 0 bridgehead atoms. The third kappa shape index (κ3) is 3.45. The summed E-state index contributed by atoms with van der Waals surface area (Å²) in [6.07, 6.45) is 0.248. The van der Waals surface area contributed by atoms with Crippen LogP contribution in [0.2, 0.25) is 0 Å². The fourth-order valence-corrected chi connectivity index (χ4v) is 2.22. The molecule has 2 rings (SSSR count). The normalized spacial score (nSPS) is 10.2. The van der Waals surface area contributed by atoms with E-state index in [9.17, 15) is 4.79 Å². The number of anilines is 2. The summed E-state index contributed by atoms with van der Waals surface area (Å²) >= 11 is 1.20. The minimum Gasteiger partial charge on any atom is -0.497 e. The molecule has 0 aliphatic heterocycles. The minimum atomic E-state index is 0.0383. The van der Waals surface area contributed by atoms with Gasteiger partial charge in [0.05, 0.1) is 26.3 Å². The Morgan fingerprint density at radius 1 is 1.35 bits per heavy atom. The van der Waals surface area contributed by atoms with Gasteiger partial charge in [0, 0.05) is 17.6 Å². The predicted octanol–water partition coefficient (Wildman–Crippen LogP) is 2.43. The topological polar surface area (TPSA) is 73.3 Å². The van der Waals surface area contributed by atoms with Crippen molar-refractivity contribution in [2.24, 2.45) is 0 Å². The maximum Gasteiger partial charge on any atom is 0.207 e. The lowest BCUT2D eigenvalue weighted by atomic mass is 10.2. The molecule has 1 N–H and O–H groups in total. The average Bonchev–Trinajstić information content (AvgIpc) is 2.85. The zero-order chi connectivity index (χ0) is 14.5. The van der Waals surface area contributed by atoms with Crippen molar-refractivity contribution in [1.82, 2.24) is 9.36 Å². The lowest BCUT2D eigenvalue weighted by molar-refractivity contribution is -0.116. The minimum absolute atomic E-state index is 0.0383. The smallest absolute Gasteiger partial charge is 0.207 e. The van der Waals surface area contributed by atoms with Gasteiger partial charge in [-0.05, 0) is 19.1 Å². The van der Waals surface area contributed by atoms with Gasteiger partial charge in [0.1, 0.15) is 17.3 Å². The Morgan fingerprint density at radius 2 is 2.15 bits per heavy atom. The second kappa shape index (κ2) is 6.33. The maximum atomic E-state index is 11.0. The number of hydrogen-bond acceptors (Lipinski definition) is 7. The van der Waals surface area contributed by atoms with Gasteiger partial charge in [-0.2, -0.15) is 4.37 Å². The van der Waals surface area contributed by atoms with Crippen LogP contribution in [0.1, 0.15) is 12.7 Å². The Morgan fingerprint density at radius 3 is 2.80 bits per heavy atom. The van der Waals surface area contributed by atoms with E-state index >= 15 is 0 Å². The van der Waals surface area contributed by atoms with E-state index in [0.717, 1.165) is 5.69 Å². The largest absolute Gasteiger partial charge is 0.497 e. The zero-order valence-electron chi connectivity index (χ0n) is 11.5. The van der Waals surface area contributed by atoms with Crippen molar-refractivity contribution in [3.63, 3.8) is 0 Å². The molecule has 0 unspecified atom stereocenters. The number of rotatable bonds is 6. The highest BCUT2D eigenvalue weighted by molar-refractivity contribution is 7.09. The quantitative estimate of drug-likeness (QED) is 0.881. The molecule has 0 amide bonds. The summed E-state index contributed by atoms with van der Waals surface area (Å²) in [6.45, 7) is 1.51. The average molecular weight is 293 g/mol. The first-order valence-corrected chi connectivity index (χ1v) is 6.70. The maximum absolute atomic E-state index is 11.0. The van der Waals surface area contributed by atoms with Crippen LogP contribution >= 0.6 is 11.5 Å². The van der Waals surface area contributed by atoms with Crippen LogP contribution in [0.5, 0.6) is 11.5 Å². The molecule has 2 aromatic rings. The van der Waals surface area contributed by atoms with Crippen LogP contribution < -0.4 is 14.8 Å². The fourth-order valence-electron chi connectivity index (χ4n) is 1.62. The Bertz CT molecular complexity index is 613. The molecule has 7 heteroatoms. The van der Waals surface area contributed by atoms with E-state index in [0.29, 0.717) is 22.5 Å². The van der Waals surface area contributed by atoms with Gasteiger partial charge in [0.25, 0.3) is 0 Å².